The molecule has 0 radical (unpaired) electrons. The molecule has 3 heterocycles. The van der Waals surface area contributed by atoms with Crippen molar-refractivity contribution in [1.29, 1.82) is 0 Å². The van der Waals surface area contributed by atoms with E-state index in [9.17, 15) is 9.59 Å². The summed E-state index contributed by atoms with van der Waals surface area (Å²) in [5.41, 5.74) is 2.04. The maximum absolute atomic E-state index is 12.3. The van der Waals surface area contributed by atoms with E-state index < -0.39 is 0 Å². The molecule has 2 fully saturated rings. The van der Waals surface area contributed by atoms with Gasteiger partial charge in [-0.3, -0.25) is 9.59 Å². The third-order valence-electron chi connectivity index (χ3n) is 7.12. The molecule has 1 aromatic heterocycles. The van der Waals surface area contributed by atoms with Crippen molar-refractivity contribution in [3.63, 3.8) is 0 Å². The lowest BCUT2D eigenvalue weighted by Crippen LogP contribution is -2.42. The van der Waals surface area contributed by atoms with Crippen LogP contribution in [-0.2, 0) is 9.59 Å². The summed E-state index contributed by atoms with van der Waals surface area (Å²) < 4.78 is 11.7. The topological polar surface area (TPSA) is 112 Å². The zero-order valence-corrected chi connectivity index (χ0v) is 23.6. The minimum Gasteiger partial charge on any atom is -0.494 e. The molecule has 2 saturated heterocycles. The molecule has 1 atom stereocenters. The lowest BCUT2D eigenvalue weighted by atomic mass is 10.0. The molecule has 2 aliphatic heterocycles. The predicted octanol–water partition coefficient (Wildman–Crippen LogP) is 3.54. The summed E-state index contributed by atoms with van der Waals surface area (Å²) in [5, 5.41) is 6.37. The number of likely N-dealkylation sites (tertiary alicyclic amines) is 1. The van der Waals surface area contributed by atoms with E-state index >= 15 is 0 Å². The highest BCUT2D eigenvalue weighted by atomic mass is 35.5. The Bertz CT molecular complexity index is 1220. The molecule has 11 nitrogen and oxygen atoms in total. The Labute approximate surface area is 234 Å². The molecule has 2 amide bonds. The molecule has 2 aliphatic rings. The minimum atomic E-state index is -0.315. The first-order valence-electron chi connectivity index (χ1n) is 13.0. The first kappa shape index (κ1) is 28.4. The molecule has 0 spiro atoms. The summed E-state index contributed by atoms with van der Waals surface area (Å²) in [5.74, 6) is 0.725. The zero-order valence-electron chi connectivity index (χ0n) is 22.9. The predicted molar refractivity (Wildman–Crippen MR) is 152 cm³/mol. The van der Waals surface area contributed by atoms with Gasteiger partial charge >= 0.3 is 0 Å². The summed E-state index contributed by atoms with van der Waals surface area (Å²) in [7, 11) is 5.79. The van der Waals surface area contributed by atoms with Crippen LogP contribution < -0.4 is 25.0 Å². The number of nitrogens with zero attached hydrogens (tertiary/aromatic N) is 5. The lowest BCUT2D eigenvalue weighted by Gasteiger charge is -2.37. The third kappa shape index (κ3) is 6.90. The van der Waals surface area contributed by atoms with Gasteiger partial charge in [0.1, 0.15) is 16.9 Å². The summed E-state index contributed by atoms with van der Waals surface area (Å²) in [6.07, 6.45) is 5.20. The summed E-state index contributed by atoms with van der Waals surface area (Å²) >= 11 is 6.32. The average Bonchev–Trinajstić information content (AvgIpc) is 3.40. The van der Waals surface area contributed by atoms with Gasteiger partial charge in [0.2, 0.25) is 23.6 Å². The maximum Gasteiger partial charge on any atom is 0.247 e. The van der Waals surface area contributed by atoms with Gasteiger partial charge in [0, 0.05) is 45.1 Å². The van der Waals surface area contributed by atoms with Crippen LogP contribution in [0.5, 0.6) is 11.6 Å². The van der Waals surface area contributed by atoms with Crippen LogP contribution in [-0.4, -0.2) is 91.1 Å². The van der Waals surface area contributed by atoms with Gasteiger partial charge in [0.15, 0.2) is 0 Å². The summed E-state index contributed by atoms with van der Waals surface area (Å²) in [6, 6.07) is 4.22. The Kier molecular flexibility index (Phi) is 9.13. The van der Waals surface area contributed by atoms with Crippen LogP contribution in [0, 0.1) is 0 Å². The van der Waals surface area contributed by atoms with E-state index in [0.29, 0.717) is 42.7 Å². The van der Waals surface area contributed by atoms with Crippen molar-refractivity contribution in [3.8, 4) is 11.6 Å². The van der Waals surface area contributed by atoms with Crippen LogP contribution in [0.4, 0.5) is 23.0 Å². The summed E-state index contributed by atoms with van der Waals surface area (Å²) in [6.45, 7) is 7.93. The molecule has 12 heteroatoms. The Morgan fingerprint density at radius 2 is 1.92 bits per heavy atom. The van der Waals surface area contributed by atoms with Gasteiger partial charge in [-0.2, -0.15) is 4.98 Å². The number of carbonyl (C=O) groups excluding carboxylic acids is 2. The first-order valence-corrected chi connectivity index (χ1v) is 13.3. The highest BCUT2D eigenvalue weighted by Gasteiger charge is 2.27. The number of carbonyl (C=O) groups is 2. The van der Waals surface area contributed by atoms with Crippen LogP contribution in [0.3, 0.4) is 0 Å². The van der Waals surface area contributed by atoms with Crippen molar-refractivity contribution in [1.82, 2.24) is 19.8 Å². The van der Waals surface area contributed by atoms with Crippen molar-refractivity contribution in [2.45, 2.75) is 38.3 Å². The second-order valence-electron chi connectivity index (χ2n) is 9.91. The fourth-order valence-electron chi connectivity index (χ4n) is 4.89. The number of piperidine rings is 1. The van der Waals surface area contributed by atoms with Gasteiger partial charge in [-0.1, -0.05) is 18.2 Å². The van der Waals surface area contributed by atoms with E-state index in [1.54, 1.807) is 18.1 Å². The van der Waals surface area contributed by atoms with E-state index in [0.717, 1.165) is 31.6 Å². The number of halogens is 1. The van der Waals surface area contributed by atoms with Crippen LogP contribution >= 0.6 is 11.6 Å². The van der Waals surface area contributed by atoms with Gasteiger partial charge in [0.25, 0.3) is 0 Å². The molecular formula is C27H36ClN7O4. The number of aromatic nitrogens is 2. The normalized spacial score (nSPS) is 17.7. The number of nitrogens with one attached hydrogen (secondary N) is 2. The molecule has 0 saturated carbocycles. The first-order chi connectivity index (χ1) is 18.7. The number of ether oxygens (including phenoxy) is 2. The molecule has 1 aromatic carbocycles. The average molecular weight is 558 g/mol. The number of amides is 2. The van der Waals surface area contributed by atoms with Gasteiger partial charge in [0.05, 0.1) is 36.9 Å². The fourth-order valence-corrected chi connectivity index (χ4v) is 5.02. The second kappa shape index (κ2) is 12.5. The Balaban J connectivity index is 1.58. The standard InChI is InChI=1S/C27H36ClN7O4/c1-6-25(37)30-21-13-22(24(38-5)14-23(21)34-10-7-18(8-11-34)33(3)4)31-27-29-15-20(28)26(32-27)39-19-9-12-35(16-19)17(2)36/h6,13-15,18-19H,1,7-12,16H2,2-5H3,(H,30,37)(H,29,31,32)/t19-/m1/s1. The third-order valence-corrected chi connectivity index (χ3v) is 7.38. The van der Waals surface area contributed by atoms with E-state index in [2.05, 4.69) is 51.1 Å². The lowest BCUT2D eigenvalue weighted by molar-refractivity contribution is -0.128. The molecular weight excluding hydrogens is 522 g/mol. The molecule has 0 unspecified atom stereocenters. The number of hydrogen-bond donors (Lipinski definition) is 2. The number of hydrogen-bond acceptors (Lipinski definition) is 9. The van der Waals surface area contributed by atoms with Crippen LogP contribution in [0.2, 0.25) is 5.02 Å². The number of benzene rings is 1. The van der Waals surface area contributed by atoms with E-state index in [1.165, 1.54) is 19.2 Å². The quantitative estimate of drug-likeness (QED) is 0.447. The molecule has 2 N–H and O–H groups in total. The molecule has 2 aromatic rings. The Morgan fingerprint density at radius 1 is 1.18 bits per heavy atom. The van der Waals surface area contributed by atoms with Gasteiger partial charge < -0.3 is 34.8 Å². The minimum absolute atomic E-state index is 0.00852. The van der Waals surface area contributed by atoms with Crippen LogP contribution in [0.15, 0.2) is 31.0 Å². The highest BCUT2D eigenvalue weighted by molar-refractivity contribution is 6.31. The molecule has 0 bridgehead atoms. The molecule has 4 rings (SSSR count). The molecule has 0 aliphatic carbocycles. The van der Waals surface area contributed by atoms with Gasteiger partial charge in [-0.25, -0.2) is 4.98 Å². The highest BCUT2D eigenvalue weighted by Crippen LogP contribution is 2.39. The number of anilines is 4. The smallest absolute Gasteiger partial charge is 0.247 e. The van der Waals surface area contributed by atoms with E-state index in [-0.39, 0.29) is 34.8 Å². The van der Waals surface area contributed by atoms with E-state index in [4.69, 9.17) is 21.1 Å². The van der Waals surface area contributed by atoms with Crippen LogP contribution in [0.25, 0.3) is 0 Å². The molecule has 39 heavy (non-hydrogen) atoms. The number of methoxy groups -OCH3 is 1. The van der Waals surface area contributed by atoms with Gasteiger partial charge in [-0.15, -0.1) is 0 Å². The maximum atomic E-state index is 12.3. The van der Waals surface area contributed by atoms with Crippen molar-refractivity contribution in [2.24, 2.45) is 0 Å². The largest absolute Gasteiger partial charge is 0.494 e. The van der Waals surface area contributed by atoms with Crippen LogP contribution in [0.1, 0.15) is 26.2 Å². The Morgan fingerprint density at radius 3 is 2.54 bits per heavy atom. The van der Waals surface area contributed by atoms with Crippen molar-refractivity contribution in [3.05, 3.63) is 36.0 Å². The second-order valence-corrected chi connectivity index (χ2v) is 10.3. The number of rotatable bonds is 9. The monoisotopic (exact) mass is 557 g/mol. The SMILES string of the molecule is C=CC(=O)Nc1cc(Nc2ncc(Cl)c(O[C@@H]3CCN(C(C)=O)C3)n2)c(OC)cc1N1CCC(N(C)C)CC1. The fraction of sp³-hybridized carbons (Fsp3) is 0.481. The van der Waals surface area contributed by atoms with Crippen molar-refractivity contribution >= 4 is 46.4 Å². The molecule has 210 valence electrons. The Hall–Kier alpha value is -3.57. The summed E-state index contributed by atoms with van der Waals surface area (Å²) in [4.78, 5) is 39.0. The van der Waals surface area contributed by atoms with E-state index in [1.807, 2.05) is 6.07 Å². The zero-order chi connectivity index (χ0) is 28.1. The van der Waals surface area contributed by atoms with Crippen molar-refractivity contribution < 1.29 is 19.1 Å². The van der Waals surface area contributed by atoms with Gasteiger partial charge in [-0.05, 0) is 39.1 Å². The van der Waals surface area contributed by atoms with Crippen molar-refractivity contribution in [2.75, 3.05) is 62.9 Å².